The zero-order valence-electron chi connectivity index (χ0n) is 18.6. The van der Waals surface area contributed by atoms with Crippen LogP contribution in [0.5, 0.6) is 0 Å². The number of methoxy groups -OCH3 is 1. The van der Waals surface area contributed by atoms with E-state index >= 15 is 0 Å². The fourth-order valence-electron chi connectivity index (χ4n) is 4.55. The van der Waals surface area contributed by atoms with Gasteiger partial charge in [0.25, 0.3) is 0 Å². The Labute approximate surface area is 200 Å². The van der Waals surface area contributed by atoms with E-state index in [-0.39, 0.29) is 24.6 Å². The van der Waals surface area contributed by atoms with Gasteiger partial charge < -0.3 is 14.4 Å². The predicted molar refractivity (Wildman–Crippen MR) is 123 cm³/mol. The zero-order chi connectivity index (χ0) is 23.4. The van der Waals surface area contributed by atoms with Crippen LogP contribution in [0.1, 0.15) is 24.1 Å². The summed E-state index contributed by atoms with van der Waals surface area (Å²) in [7, 11) is 1.51. The van der Waals surface area contributed by atoms with Crippen molar-refractivity contribution in [2.24, 2.45) is 0 Å². The van der Waals surface area contributed by atoms with E-state index in [1.54, 1.807) is 11.3 Å². The maximum atomic E-state index is 13.3. The van der Waals surface area contributed by atoms with Crippen molar-refractivity contribution >= 4 is 39.0 Å². The van der Waals surface area contributed by atoms with Crippen molar-refractivity contribution in [3.63, 3.8) is 0 Å². The van der Waals surface area contributed by atoms with Crippen LogP contribution in [0.2, 0.25) is 5.28 Å². The van der Waals surface area contributed by atoms with E-state index in [0.717, 1.165) is 53.4 Å². The van der Waals surface area contributed by atoms with Crippen molar-refractivity contribution in [3.8, 4) is 0 Å². The normalized spacial score (nSPS) is 20.8. The molecule has 184 valence electrons. The minimum absolute atomic E-state index is 0.195. The van der Waals surface area contributed by atoms with Gasteiger partial charge in [-0.25, -0.2) is 4.98 Å². The van der Waals surface area contributed by atoms with Crippen LogP contribution in [0, 0.1) is 0 Å². The highest BCUT2D eigenvalue weighted by Gasteiger charge is 2.37. The first-order valence-electron chi connectivity index (χ1n) is 11.2. The molecule has 2 aromatic rings. The number of fused-ring (bicyclic) bond motifs is 1. The number of hydrogen-bond donors (Lipinski definition) is 0. The highest BCUT2D eigenvalue weighted by atomic mass is 35.5. The van der Waals surface area contributed by atoms with E-state index in [4.69, 9.17) is 21.1 Å². The topological polar surface area (TPSA) is 54.0 Å². The minimum Gasteiger partial charge on any atom is -0.383 e. The summed E-state index contributed by atoms with van der Waals surface area (Å²) >= 11 is 7.80. The number of rotatable bonds is 8. The summed E-state index contributed by atoms with van der Waals surface area (Å²) in [4.78, 5) is 15.7. The molecule has 0 saturated carbocycles. The van der Waals surface area contributed by atoms with Crippen LogP contribution >= 0.6 is 22.9 Å². The summed E-state index contributed by atoms with van der Waals surface area (Å²) < 4.78 is 51.4. The molecule has 0 aromatic carbocycles. The molecule has 2 aliphatic rings. The molecule has 1 atom stereocenters. The zero-order valence-corrected chi connectivity index (χ0v) is 20.2. The number of nitrogens with zero attached hydrogens (tertiary/aromatic N) is 5. The molecule has 4 heterocycles. The molecule has 1 unspecified atom stereocenters. The molecular formula is C21H29ClF3N5O2S. The summed E-state index contributed by atoms with van der Waals surface area (Å²) in [6, 6.07) is 1.99. The lowest BCUT2D eigenvalue weighted by Gasteiger charge is -2.42. The summed E-state index contributed by atoms with van der Waals surface area (Å²) in [5, 5.41) is 0.195. The molecule has 0 amide bonds. The van der Waals surface area contributed by atoms with Crippen molar-refractivity contribution in [2.45, 2.75) is 38.1 Å². The van der Waals surface area contributed by atoms with Crippen LogP contribution in [0.15, 0.2) is 6.07 Å². The average Bonchev–Trinajstić information content (AvgIpc) is 3.18. The molecule has 0 radical (unpaired) electrons. The molecule has 4 rings (SSSR count). The number of aromatic nitrogens is 2. The molecule has 2 saturated heterocycles. The van der Waals surface area contributed by atoms with Gasteiger partial charge in [0.05, 0.1) is 42.7 Å². The van der Waals surface area contributed by atoms with E-state index in [1.165, 1.54) is 12.0 Å². The first kappa shape index (κ1) is 24.9. The van der Waals surface area contributed by atoms with Crippen LogP contribution in [0.3, 0.4) is 0 Å². The fourth-order valence-corrected chi connectivity index (χ4v) is 5.86. The molecule has 0 N–H and O–H groups in total. The molecule has 7 nitrogen and oxygen atoms in total. The second kappa shape index (κ2) is 11.0. The van der Waals surface area contributed by atoms with Crippen LogP contribution in [0.25, 0.3) is 10.2 Å². The quantitative estimate of drug-likeness (QED) is 0.500. The average molecular weight is 508 g/mol. The number of likely N-dealkylation sites (tertiary alicyclic amines) is 1. The van der Waals surface area contributed by atoms with Gasteiger partial charge in [0.2, 0.25) is 5.28 Å². The van der Waals surface area contributed by atoms with E-state index in [2.05, 4.69) is 19.8 Å². The maximum Gasteiger partial charge on any atom is 0.401 e. The number of hydrogen-bond acceptors (Lipinski definition) is 8. The second-order valence-electron chi connectivity index (χ2n) is 8.37. The van der Waals surface area contributed by atoms with Crippen molar-refractivity contribution < 1.29 is 22.6 Å². The van der Waals surface area contributed by atoms with E-state index in [9.17, 15) is 13.2 Å². The Bertz CT molecular complexity index is 925. The summed E-state index contributed by atoms with van der Waals surface area (Å²) in [5.41, 5.74) is 0.775. The number of anilines is 1. The number of ether oxygens (including phenoxy) is 2. The van der Waals surface area contributed by atoms with Crippen LogP contribution in [0.4, 0.5) is 19.0 Å². The first-order chi connectivity index (χ1) is 15.8. The van der Waals surface area contributed by atoms with Gasteiger partial charge in [-0.05, 0) is 36.9 Å². The Hall–Kier alpha value is -1.24. The molecule has 2 fully saturated rings. The van der Waals surface area contributed by atoms with Gasteiger partial charge in [-0.2, -0.15) is 18.2 Å². The predicted octanol–water partition coefficient (Wildman–Crippen LogP) is 4.00. The molecule has 2 aliphatic heterocycles. The Balaban J connectivity index is 1.57. The van der Waals surface area contributed by atoms with E-state index < -0.39 is 12.7 Å². The summed E-state index contributed by atoms with van der Waals surface area (Å²) in [5.74, 6) is 0.804. The van der Waals surface area contributed by atoms with E-state index in [1.807, 2.05) is 6.07 Å². The van der Waals surface area contributed by atoms with Crippen LogP contribution in [-0.2, 0) is 16.0 Å². The van der Waals surface area contributed by atoms with Gasteiger partial charge >= 0.3 is 6.18 Å². The fraction of sp³-hybridized carbons (Fsp3) is 0.714. The molecule has 0 bridgehead atoms. The number of morpholine rings is 1. The maximum absolute atomic E-state index is 13.3. The summed E-state index contributed by atoms with van der Waals surface area (Å²) in [6.45, 7) is 3.61. The smallest absolute Gasteiger partial charge is 0.383 e. The largest absolute Gasteiger partial charge is 0.401 e. The standard InChI is InChI=1S/C21H29ClF3N5O2S/c1-31-9-6-30(14-21(23,24)25)17-4-2-3-5-29(17)13-15-12-16-18(33-15)19(27-20(22)26-16)28-7-10-32-11-8-28/h12,17H,2-11,13-14H2,1H3. The molecular weight excluding hydrogens is 479 g/mol. The van der Waals surface area contributed by atoms with Crippen molar-refractivity contribution in [3.05, 3.63) is 16.2 Å². The Kier molecular flexibility index (Phi) is 8.29. The number of piperidine rings is 1. The van der Waals surface area contributed by atoms with Gasteiger partial charge in [0.1, 0.15) is 0 Å². The van der Waals surface area contributed by atoms with Crippen LogP contribution in [-0.4, -0.2) is 91.8 Å². The van der Waals surface area contributed by atoms with E-state index in [0.29, 0.717) is 26.2 Å². The van der Waals surface area contributed by atoms with Crippen molar-refractivity contribution in [1.82, 2.24) is 19.8 Å². The third kappa shape index (κ3) is 6.46. The first-order valence-corrected chi connectivity index (χ1v) is 12.4. The molecule has 12 heteroatoms. The van der Waals surface area contributed by atoms with Gasteiger partial charge in [-0.3, -0.25) is 9.80 Å². The lowest BCUT2D eigenvalue weighted by atomic mass is 10.1. The van der Waals surface area contributed by atoms with Crippen LogP contribution < -0.4 is 4.90 Å². The minimum atomic E-state index is -4.26. The Morgan fingerprint density at radius 3 is 2.76 bits per heavy atom. The van der Waals surface area contributed by atoms with Crippen molar-refractivity contribution in [2.75, 3.05) is 64.6 Å². The number of thiophene rings is 1. The van der Waals surface area contributed by atoms with Gasteiger partial charge in [-0.15, -0.1) is 11.3 Å². The highest BCUT2D eigenvalue weighted by molar-refractivity contribution is 7.19. The lowest BCUT2D eigenvalue weighted by molar-refractivity contribution is -0.164. The summed E-state index contributed by atoms with van der Waals surface area (Å²) in [6.07, 6.45) is -1.95. The van der Waals surface area contributed by atoms with Crippen molar-refractivity contribution in [1.29, 1.82) is 0 Å². The second-order valence-corrected chi connectivity index (χ2v) is 9.84. The highest BCUT2D eigenvalue weighted by Crippen LogP contribution is 2.35. The third-order valence-corrected chi connectivity index (χ3v) is 7.29. The van der Waals surface area contributed by atoms with Gasteiger partial charge in [-0.1, -0.05) is 0 Å². The Morgan fingerprint density at radius 2 is 2.03 bits per heavy atom. The molecule has 2 aromatic heterocycles. The Morgan fingerprint density at radius 1 is 1.24 bits per heavy atom. The SMILES string of the molecule is COCCN(CC(F)(F)F)C1CCCCN1Cc1cc2nc(Cl)nc(N3CCOCC3)c2s1. The number of alkyl halides is 3. The molecule has 0 spiro atoms. The molecule has 33 heavy (non-hydrogen) atoms. The monoisotopic (exact) mass is 507 g/mol. The van der Waals surface area contributed by atoms with Gasteiger partial charge in [0, 0.05) is 44.7 Å². The number of halogens is 4. The molecule has 0 aliphatic carbocycles. The van der Waals surface area contributed by atoms with Gasteiger partial charge in [0.15, 0.2) is 5.82 Å². The third-order valence-electron chi connectivity index (χ3n) is 6.01. The lowest BCUT2D eigenvalue weighted by Crippen LogP contribution is -2.53.